The molecule has 0 amide bonds. The second-order valence-electron chi connectivity index (χ2n) is 8.10. The van der Waals surface area contributed by atoms with Crippen LogP contribution in [0, 0.1) is 0 Å². The first-order valence-corrected chi connectivity index (χ1v) is 10.3. The molecule has 6 rings (SSSR count). The van der Waals surface area contributed by atoms with Crippen molar-refractivity contribution in [1.29, 1.82) is 0 Å². The van der Waals surface area contributed by atoms with E-state index in [1.54, 1.807) is 0 Å². The molecule has 0 spiro atoms. The molecule has 4 aromatic rings. The van der Waals surface area contributed by atoms with Crippen molar-refractivity contribution in [2.45, 2.75) is 25.3 Å². The van der Waals surface area contributed by atoms with E-state index in [1.165, 1.54) is 27.9 Å². The Bertz CT molecular complexity index is 1280. The van der Waals surface area contributed by atoms with Gasteiger partial charge in [0.2, 0.25) is 0 Å². The zero-order valence-corrected chi connectivity index (χ0v) is 16.2. The second-order valence-corrected chi connectivity index (χ2v) is 8.10. The molecular formula is C25H22N2O2. The van der Waals surface area contributed by atoms with Gasteiger partial charge in [0, 0.05) is 24.8 Å². The van der Waals surface area contributed by atoms with Gasteiger partial charge in [0.1, 0.15) is 0 Å². The lowest BCUT2D eigenvalue weighted by Gasteiger charge is -2.34. The van der Waals surface area contributed by atoms with E-state index < -0.39 is 0 Å². The van der Waals surface area contributed by atoms with Crippen LogP contribution in [0.5, 0.6) is 0 Å². The molecule has 29 heavy (non-hydrogen) atoms. The van der Waals surface area contributed by atoms with Gasteiger partial charge in [-0.25, -0.2) is 4.79 Å². The van der Waals surface area contributed by atoms with Crippen LogP contribution in [0.2, 0.25) is 0 Å². The SMILES string of the molecule is O=c1oc2ccccc2n1C1CCN(c2ccc3c(c2)Cc2ccccc2-3)CC1. The van der Waals surface area contributed by atoms with Crippen molar-refractivity contribution >= 4 is 16.8 Å². The lowest BCUT2D eigenvalue weighted by Crippen LogP contribution is -2.36. The lowest BCUT2D eigenvalue weighted by atomic mass is 10.0. The van der Waals surface area contributed by atoms with E-state index in [1.807, 2.05) is 28.8 Å². The molecular weight excluding hydrogens is 360 g/mol. The number of benzene rings is 3. The Morgan fingerprint density at radius 2 is 1.59 bits per heavy atom. The summed E-state index contributed by atoms with van der Waals surface area (Å²) in [5, 5.41) is 0. The molecule has 3 aromatic carbocycles. The predicted octanol–water partition coefficient (Wildman–Crippen LogP) is 5.01. The maximum absolute atomic E-state index is 12.4. The zero-order chi connectivity index (χ0) is 19.4. The molecule has 1 aliphatic carbocycles. The highest BCUT2D eigenvalue weighted by molar-refractivity contribution is 5.78. The summed E-state index contributed by atoms with van der Waals surface area (Å²) in [4.78, 5) is 14.9. The second kappa shape index (κ2) is 6.38. The summed E-state index contributed by atoms with van der Waals surface area (Å²) in [5.41, 5.74) is 8.46. The van der Waals surface area contributed by atoms with Crippen LogP contribution >= 0.6 is 0 Å². The van der Waals surface area contributed by atoms with Crippen molar-refractivity contribution in [3.8, 4) is 11.1 Å². The molecule has 0 unspecified atom stereocenters. The van der Waals surface area contributed by atoms with E-state index in [4.69, 9.17) is 4.42 Å². The van der Waals surface area contributed by atoms with Crippen LogP contribution in [0.4, 0.5) is 5.69 Å². The van der Waals surface area contributed by atoms with Crippen LogP contribution in [0.25, 0.3) is 22.2 Å². The van der Waals surface area contributed by atoms with E-state index in [0.717, 1.165) is 37.9 Å². The third-order valence-corrected chi connectivity index (χ3v) is 6.49. The molecule has 0 N–H and O–H groups in total. The highest BCUT2D eigenvalue weighted by Crippen LogP contribution is 2.39. The van der Waals surface area contributed by atoms with E-state index >= 15 is 0 Å². The molecule has 144 valence electrons. The van der Waals surface area contributed by atoms with Gasteiger partial charge in [-0.2, -0.15) is 0 Å². The van der Waals surface area contributed by atoms with Crippen LogP contribution in [-0.2, 0) is 6.42 Å². The first kappa shape index (κ1) is 16.7. The fourth-order valence-electron chi connectivity index (χ4n) is 5.04. The molecule has 0 radical (unpaired) electrons. The topological polar surface area (TPSA) is 38.4 Å². The van der Waals surface area contributed by atoms with Crippen molar-refractivity contribution < 1.29 is 4.42 Å². The van der Waals surface area contributed by atoms with Gasteiger partial charge in [0.05, 0.1) is 5.52 Å². The van der Waals surface area contributed by atoms with Crippen molar-refractivity contribution in [3.63, 3.8) is 0 Å². The smallest absolute Gasteiger partial charge is 0.408 e. The molecule has 4 nitrogen and oxygen atoms in total. The lowest BCUT2D eigenvalue weighted by molar-refractivity contribution is 0.371. The van der Waals surface area contributed by atoms with Crippen LogP contribution in [0.1, 0.15) is 30.0 Å². The number of hydrogen-bond donors (Lipinski definition) is 0. The molecule has 4 heteroatoms. The highest BCUT2D eigenvalue weighted by atomic mass is 16.4. The Balaban J connectivity index is 1.24. The molecule has 2 aliphatic rings. The van der Waals surface area contributed by atoms with Gasteiger partial charge in [-0.05, 0) is 65.8 Å². The van der Waals surface area contributed by atoms with Gasteiger partial charge in [0.25, 0.3) is 0 Å². The molecule has 1 aromatic heterocycles. The van der Waals surface area contributed by atoms with Crippen LogP contribution in [-0.4, -0.2) is 17.7 Å². The third kappa shape index (κ3) is 2.63. The Morgan fingerprint density at radius 1 is 0.828 bits per heavy atom. The molecule has 1 saturated heterocycles. The molecule has 1 aliphatic heterocycles. The van der Waals surface area contributed by atoms with Gasteiger partial charge in [0.15, 0.2) is 5.58 Å². The number of nitrogens with zero attached hydrogens (tertiary/aromatic N) is 2. The summed E-state index contributed by atoms with van der Waals surface area (Å²) in [6.07, 6.45) is 2.91. The van der Waals surface area contributed by atoms with Crippen LogP contribution in [0.15, 0.2) is 75.9 Å². The van der Waals surface area contributed by atoms with Crippen LogP contribution < -0.4 is 10.7 Å². The van der Waals surface area contributed by atoms with Crippen molar-refractivity contribution in [3.05, 3.63) is 88.4 Å². The van der Waals surface area contributed by atoms with Gasteiger partial charge in [-0.3, -0.25) is 4.57 Å². The number of anilines is 1. The summed E-state index contributed by atoms with van der Waals surface area (Å²) in [7, 11) is 0. The normalized spacial score (nSPS) is 16.2. The summed E-state index contributed by atoms with van der Waals surface area (Å²) in [6, 6.07) is 23.5. The number of hydrogen-bond acceptors (Lipinski definition) is 3. The fraction of sp³-hybridized carbons (Fsp3) is 0.240. The minimum atomic E-state index is -0.236. The summed E-state index contributed by atoms with van der Waals surface area (Å²) < 4.78 is 7.29. The molecule has 0 saturated carbocycles. The average Bonchev–Trinajstić information content (AvgIpc) is 3.30. The Morgan fingerprint density at radius 3 is 2.48 bits per heavy atom. The maximum atomic E-state index is 12.4. The van der Waals surface area contributed by atoms with E-state index in [2.05, 4.69) is 47.4 Å². The number of oxazole rings is 1. The molecule has 0 bridgehead atoms. The molecule has 0 atom stereocenters. The van der Waals surface area contributed by atoms with Gasteiger partial charge < -0.3 is 9.32 Å². The first-order chi connectivity index (χ1) is 14.3. The van der Waals surface area contributed by atoms with Crippen molar-refractivity contribution in [2.24, 2.45) is 0 Å². The van der Waals surface area contributed by atoms with E-state index in [-0.39, 0.29) is 11.8 Å². The number of fused-ring (bicyclic) bond motifs is 4. The zero-order valence-electron chi connectivity index (χ0n) is 16.2. The number of para-hydroxylation sites is 2. The molecule has 2 heterocycles. The van der Waals surface area contributed by atoms with Gasteiger partial charge >= 0.3 is 5.76 Å². The number of rotatable bonds is 2. The van der Waals surface area contributed by atoms with E-state index in [0.29, 0.717) is 5.58 Å². The van der Waals surface area contributed by atoms with E-state index in [9.17, 15) is 4.79 Å². The van der Waals surface area contributed by atoms with Gasteiger partial charge in [-0.1, -0.05) is 42.5 Å². The first-order valence-electron chi connectivity index (χ1n) is 10.3. The monoisotopic (exact) mass is 382 g/mol. The predicted molar refractivity (Wildman–Crippen MR) is 116 cm³/mol. The standard InChI is InChI=1S/C25H22N2O2/c28-25-27(23-7-3-4-8-24(23)29-25)19-11-13-26(14-12-19)20-9-10-22-18(16-20)15-17-5-1-2-6-21(17)22/h1-10,16,19H,11-15H2. The Hall–Kier alpha value is -3.27. The summed E-state index contributed by atoms with van der Waals surface area (Å²) in [5.74, 6) is -0.236. The Labute approximate surface area is 169 Å². The number of piperidine rings is 1. The minimum Gasteiger partial charge on any atom is -0.408 e. The van der Waals surface area contributed by atoms with Gasteiger partial charge in [-0.15, -0.1) is 0 Å². The third-order valence-electron chi connectivity index (χ3n) is 6.49. The minimum absolute atomic E-state index is 0.195. The maximum Gasteiger partial charge on any atom is 0.420 e. The summed E-state index contributed by atoms with van der Waals surface area (Å²) in [6.45, 7) is 1.89. The largest absolute Gasteiger partial charge is 0.420 e. The van der Waals surface area contributed by atoms with Crippen molar-refractivity contribution in [2.75, 3.05) is 18.0 Å². The highest BCUT2D eigenvalue weighted by Gasteiger charge is 2.26. The van der Waals surface area contributed by atoms with Crippen LogP contribution in [0.3, 0.4) is 0 Å². The Kier molecular flexibility index (Phi) is 3.66. The quantitative estimate of drug-likeness (QED) is 0.431. The van der Waals surface area contributed by atoms with Crippen molar-refractivity contribution in [1.82, 2.24) is 4.57 Å². The average molecular weight is 382 g/mol. The summed E-state index contributed by atoms with van der Waals surface area (Å²) >= 11 is 0. The molecule has 1 fully saturated rings. The number of aromatic nitrogens is 1. The fourth-order valence-corrected chi connectivity index (χ4v) is 5.04.